The second kappa shape index (κ2) is 32.7. The highest BCUT2D eigenvalue weighted by atomic mass is 32.1. The van der Waals surface area contributed by atoms with Crippen LogP contribution in [0.5, 0.6) is 0 Å². The van der Waals surface area contributed by atoms with Gasteiger partial charge in [-0.1, -0.05) is 158 Å². The Labute approximate surface area is 468 Å². The fourth-order valence-electron chi connectivity index (χ4n) is 8.21. The zero-order valence-electron chi connectivity index (χ0n) is 43.6. The fraction of sp³-hybridized carbons (Fsp3) is 0.283. The van der Waals surface area contributed by atoms with E-state index in [1.54, 1.807) is 6.92 Å². The van der Waals surface area contributed by atoms with Crippen LogP contribution in [0.4, 0.5) is 0 Å². The molecule has 2 atom stereocenters. The minimum atomic E-state index is -1.05. The van der Waals surface area contributed by atoms with Gasteiger partial charge in [-0.05, 0) is 69.5 Å². The van der Waals surface area contributed by atoms with Crippen LogP contribution in [0.2, 0.25) is 0 Å². The molecule has 412 valence electrons. The summed E-state index contributed by atoms with van der Waals surface area (Å²) in [5, 5.41) is 13.8. The molecule has 0 radical (unpaired) electrons. The van der Waals surface area contributed by atoms with Crippen molar-refractivity contribution in [3.8, 4) is 22.3 Å². The van der Waals surface area contributed by atoms with E-state index in [4.69, 9.17) is 28.8 Å². The molecule has 2 aliphatic carbocycles. The van der Waals surface area contributed by atoms with Crippen LogP contribution in [-0.4, -0.2) is 85.7 Å². The van der Waals surface area contributed by atoms with Crippen LogP contribution >= 0.6 is 27.0 Å². The molecule has 3 N–H and O–H groups in total. The number of ether oxygens (including phenoxy) is 6. The molecule has 0 fully saturated rings. The van der Waals surface area contributed by atoms with E-state index < -0.39 is 42.1 Å². The molecular weight excluding hydrogens is 1040 g/mol. The highest BCUT2D eigenvalue weighted by Gasteiger charge is 2.30. The first-order valence-electron chi connectivity index (χ1n) is 24.8. The van der Waals surface area contributed by atoms with Gasteiger partial charge in [0.1, 0.15) is 39.3 Å². The average Bonchev–Trinajstić information content (AvgIpc) is 3.97. The normalized spacial score (nSPS) is 12.1. The number of esters is 5. The molecule has 16 nitrogen and oxygen atoms in total. The maximum atomic E-state index is 12.3. The van der Waals surface area contributed by atoms with Gasteiger partial charge in [0, 0.05) is 31.6 Å². The molecule has 0 spiro atoms. The molecule has 18 heteroatoms. The Morgan fingerprint density at radius 3 is 1.17 bits per heavy atom. The van der Waals surface area contributed by atoms with Gasteiger partial charge in [-0.25, -0.2) is 9.59 Å². The van der Waals surface area contributed by atoms with Gasteiger partial charge in [0.2, 0.25) is 11.8 Å². The molecule has 2 aliphatic rings. The van der Waals surface area contributed by atoms with Crippen LogP contribution in [0.3, 0.4) is 0 Å². The molecule has 2 amide bonds. The van der Waals surface area contributed by atoms with Crippen LogP contribution in [0, 0.1) is 0 Å². The number of carbonyl (C=O) groups is 7. The average molecular weight is 1100 g/mol. The molecule has 0 aromatic heterocycles. The van der Waals surface area contributed by atoms with Crippen molar-refractivity contribution in [3.63, 3.8) is 0 Å². The first-order valence-corrected chi connectivity index (χ1v) is 24.8. The van der Waals surface area contributed by atoms with Crippen molar-refractivity contribution >= 4 is 68.7 Å². The lowest BCUT2D eigenvalue weighted by atomic mass is 9.98. The first kappa shape index (κ1) is 62.8. The van der Waals surface area contributed by atoms with E-state index in [1.165, 1.54) is 25.0 Å². The zero-order valence-corrected chi connectivity index (χ0v) is 45.6. The lowest BCUT2D eigenvalue weighted by Gasteiger charge is -2.14. The smallest absolute Gasteiger partial charge is 0.335 e. The van der Waals surface area contributed by atoms with Crippen LogP contribution in [-0.2, 0) is 75.2 Å². The summed E-state index contributed by atoms with van der Waals surface area (Å²) in [6.45, 7) is 4.66. The van der Waals surface area contributed by atoms with Gasteiger partial charge in [-0.3, -0.25) is 24.0 Å². The van der Waals surface area contributed by atoms with Crippen molar-refractivity contribution in [2.45, 2.75) is 83.7 Å². The van der Waals surface area contributed by atoms with Crippen molar-refractivity contribution in [2.24, 2.45) is 0 Å². The molecule has 78 heavy (non-hydrogen) atoms. The molecule has 6 aromatic carbocycles. The number of carbonyl (C=O) groups excluding carboxylic acids is 7. The van der Waals surface area contributed by atoms with E-state index >= 15 is 0 Å². The Kier molecular flexibility index (Phi) is 26.3. The maximum Gasteiger partial charge on any atom is 0.335 e. The Morgan fingerprint density at radius 1 is 0.449 bits per heavy atom. The fourth-order valence-corrected chi connectivity index (χ4v) is 8.21. The van der Waals surface area contributed by atoms with Gasteiger partial charge in [-0.15, -0.1) is 0 Å². The number of hydrogen-bond donors (Lipinski definition) is 3. The third-order valence-electron chi connectivity index (χ3n) is 12.1. The van der Waals surface area contributed by atoms with Crippen LogP contribution in [0.15, 0.2) is 158 Å². The van der Waals surface area contributed by atoms with Gasteiger partial charge in [0.05, 0.1) is 12.8 Å². The third-order valence-corrected chi connectivity index (χ3v) is 12.1. The summed E-state index contributed by atoms with van der Waals surface area (Å²) < 4.78 is 30.9. The second-order valence-electron chi connectivity index (χ2n) is 17.6. The van der Waals surface area contributed by atoms with Gasteiger partial charge >= 0.3 is 29.8 Å². The SMILES string of the molecule is CC(=O)OCNC(=O)CCC(=O)OCC1c2ccccc2-c2ccccc21.C[C@H](O)C(=O)OCc1ccccc1.C[C@H](OCNC(=O)CCC(=O)OCC1c2ccccc2-c2ccccc21)C(=O)OCc1ccccc1.S.S. The number of rotatable bonds is 21. The summed E-state index contributed by atoms with van der Waals surface area (Å²) >= 11 is 0. The lowest BCUT2D eigenvalue weighted by molar-refractivity contribution is -0.158. The standard InChI is InChI=1S/C29H29NO6.C21H21NO5.C10H12O3.2H2S/c1-20(29(33)35-17-21-9-3-2-4-10-21)36-19-30-27(31)15-16-28(32)34-18-26-24-13-7-5-11-22(24)23-12-6-8-14-25(23)26;1-14(23)27-13-22-20(24)10-11-21(25)26-12-19-17-8-4-2-6-15(17)16-7-3-5-9-18(16)19;1-8(11)10(12)13-7-9-5-3-2-4-6-9;;/h2-14,20,26H,15-19H2,1H3,(H,30,31);2-9,19H,10-13H2,1H3,(H,22,24);2-6,8,11H,7H2,1H3;2*1H2/t20-;;8-;;/m0.0../s1. The van der Waals surface area contributed by atoms with Crippen LogP contribution in [0.1, 0.15) is 91.7 Å². The molecule has 0 unspecified atom stereocenters. The van der Waals surface area contributed by atoms with E-state index in [9.17, 15) is 33.6 Å². The monoisotopic (exact) mass is 1100 g/mol. The van der Waals surface area contributed by atoms with E-state index in [0.29, 0.717) is 0 Å². The Balaban J connectivity index is 0.000000275. The molecule has 0 saturated carbocycles. The predicted octanol–water partition coefficient (Wildman–Crippen LogP) is 8.44. The van der Waals surface area contributed by atoms with Gasteiger partial charge in [0.15, 0.2) is 12.8 Å². The first-order chi connectivity index (χ1) is 36.8. The molecular formula is C60H66N2O14S2. The summed E-state index contributed by atoms with van der Waals surface area (Å²) in [4.78, 5) is 81.5. The van der Waals surface area contributed by atoms with E-state index in [1.807, 2.05) is 109 Å². The highest BCUT2D eigenvalue weighted by molar-refractivity contribution is 7.59. The topological polar surface area (TPSA) is 219 Å². The number of fused-ring (bicyclic) bond motifs is 6. The number of benzene rings is 6. The number of aliphatic hydroxyl groups is 1. The van der Waals surface area contributed by atoms with Gasteiger partial charge in [-0.2, -0.15) is 27.0 Å². The van der Waals surface area contributed by atoms with Crippen LogP contribution in [0.25, 0.3) is 22.3 Å². The molecule has 6 aromatic rings. The summed E-state index contributed by atoms with van der Waals surface area (Å²) in [6.07, 6.45) is -2.01. The van der Waals surface area contributed by atoms with Crippen molar-refractivity contribution in [2.75, 3.05) is 26.7 Å². The summed E-state index contributed by atoms with van der Waals surface area (Å²) in [6, 6.07) is 51.1. The quantitative estimate of drug-likeness (QED) is 0.0350. The molecule has 0 heterocycles. The maximum absolute atomic E-state index is 12.3. The molecule has 8 rings (SSSR count). The lowest BCUT2D eigenvalue weighted by Crippen LogP contribution is -2.32. The molecule has 0 bridgehead atoms. The summed E-state index contributed by atoms with van der Waals surface area (Å²) in [5.74, 6) is -3.23. The van der Waals surface area contributed by atoms with E-state index in [-0.39, 0.29) is 116 Å². The minimum Gasteiger partial charge on any atom is -0.465 e. The zero-order chi connectivity index (χ0) is 54.2. The number of hydrogen-bond acceptors (Lipinski definition) is 14. The number of nitrogens with one attached hydrogen (secondary N) is 2. The Bertz CT molecular complexity index is 2830. The third kappa shape index (κ3) is 19.4. The van der Waals surface area contributed by atoms with Crippen molar-refractivity contribution in [1.29, 1.82) is 0 Å². The predicted molar refractivity (Wildman–Crippen MR) is 301 cm³/mol. The largest absolute Gasteiger partial charge is 0.465 e. The Hall–Kier alpha value is -7.77. The number of amides is 2. The van der Waals surface area contributed by atoms with E-state index in [0.717, 1.165) is 44.5 Å². The summed E-state index contributed by atoms with van der Waals surface area (Å²) in [7, 11) is 0. The van der Waals surface area contributed by atoms with Crippen molar-refractivity contribution in [1.82, 2.24) is 10.6 Å². The minimum absolute atomic E-state index is 0. The second-order valence-corrected chi connectivity index (χ2v) is 17.6. The highest BCUT2D eigenvalue weighted by Crippen LogP contribution is 2.45. The number of aliphatic hydroxyl groups excluding tert-OH is 1. The van der Waals surface area contributed by atoms with Gasteiger partial charge in [0.25, 0.3) is 0 Å². The van der Waals surface area contributed by atoms with Crippen molar-refractivity contribution < 1.29 is 67.1 Å². The Morgan fingerprint density at radius 2 is 0.795 bits per heavy atom. The van der Waals surface area contributed by atoms with Crippen molar-refractivity contribution in [3.05, 3.63) is 191 Å². The molecule has 0 aliphatic heterocycles. The van der Waals surface area contributed by atoms with Gasteiger partial charge < -0.3 is 44.2 Å². The van der Waals surface area contributed by atoms with E-state index in [2.05, 4.69) is 63.9 Å². The molecule has 0 saturated heterocycles. The summed E-state index contributed by atoms with van der Waals surface area (Å²) in [5.41, 5.74) is 11.0. The van der Waals surface area contributed by atoms with Crippen LogP contribution < -0.4 is 10.6 Å².